The Labute approximate surface area is 84.1 Å². The highest BCUT2D eigenvalue weighted by Gasteiger charge is 2.56. The predicted octanol–water partition coefficient (Wildman–Crippen LogP) is 1.87. The van der Waals surface area contributed by atoms with Crippen LogP contribution in [0.2, 0.25) is 0 Å². The summed E-state index contributed by atoms with van der Waals surface area (Å²) in [4.78, 5) is 0. The lowest BCUT2D eigenvalue weighted by molar-refractivity contribution is -0.0164. The lowest BCUT2D eigenvalue weighted by atomic mass is 9.72. The van der Waals surface area contributed by atoms with Crippen LogP contribution >= 0.6 is 0 Å². The maximum Gasteiger partial charge on any atom is 0.0863 e. The van der Waals surface area contributed by atoms with Crippen LogP contribution in [-0.4, -0.2) is 12.1 Å². The van der Waals surface area contributed by atoms with E-state index < -0.39 is 0 Å². The molecule has 0 spiro atoms. The third kappa shape index (κ3) is 1.04. The Morgan fingerprint density at radius 2 is 2.00 bits per heavy atom. The van der Waals surface area contributed by atoms with Gasteiger partial charge in [-0.15, -0.1) is 0 Å². The molecule has 2 saturated heterocycles. The van der Waals surface area contributed by atoms with Gasteiger partial charge in [0.1, 0.15) is 0 Å². The van der Waals surface area contributed by atoms with Crippen LogP contribution in [0.5, 0.6) is 0 Å². The van der Waals surface area contributed by atoms with Crippen LogP contribution in [0.25, 0.3) is 0 Å². The largest absolute Gasteiger partial charge is 0.365 e. The average Bonchev–Trinajstić information content (AvgIpc) is 2.73. The molecule has 2 heterocycles. The summed E-state index contributed by atoms with van der Waals surface area (Å²) in [7, 11) is 0. The Morgan fingerprint density at radius 1 is 1.29 bits per heavy atom. The molecule has 1 atom stereocenters. The molecule has 2 aliphatic heterocycles. The maximum atomic E-state index is 6.03. The maximum absolute atomic E-state index is 6.03. The number of hydrogen-bond acceptors (Lipinski definition) is 2. The van der Waals surface area contributed by atoms with Crippen molar-refractivity contribution in [2.45, 2.75) is 24.5 Å². The second-order valence-corrected chi connectivity index (χ2v) is 4.50. The number of nitrogens with two attached hydrogens (primary N) is 1. The molecular formula is C12H15NO. The standard InChI is InChI=1S/C12H15NO/c13-8-12-6-10(7-12)11(14-12)9-4-2-1-3-5-9/h1-5,10-11H,6-8,13H2. The third-order valence-electron chi connectivity index (χ3n) is 3.57. The summed E-state index contributed by atoms with van der Waals surface area (Å²) in [5.74, 6) is 0.709. The summed E-state index contributed by atoms with van der Waals surface area (Å²) in [5.41, 5.74) is 7.06. The molecule has 14 heavy (non-hydrogen) atoms. The molecule has 3 fully saturated rings. The molecule has 1 saturated carbocycles. The Balaban J connectivity index is 1.84. The normalized spacial score (nSPS) is 39.5. The van der Waals surface area contributed by atoms with Gasteiger partial charge in [-0.05, 0) is 24.3 Å². The lowest BCUT2D eigenvalue weighted by Gasteiger charge is -2.34. The van der Waals surface area contributed by atoms with Crippen LogP contribution in [-0.2, 0) is 4.74 Å². The Morgan fingerprint density at radius 3 is 2.57 bits per heavy atom. The first-order valence-corrected chi connectivity index (χ1v) is 5.26. The molecule has 74 valence electrons. The quantitative estimate of drug-likeness (QED) is 0.770. The molecule has 1 unspecified atom stereocenters. The van der Waals surface area contributed by atoms with Gasteiger partial charge >= 0.3 is 0 Å². The first-order chi connectivity index (χ1) is 6.83. The van der Waals surface area contributed by atoms with Crippen molar-refractivity contribution in [2.75, 3.05) is 6.54 Å². The number of ether oxygens (including phenoxy) is 1. The molecule has 1 aliphatic carbocycles. The molecule has 2 nitrogen and oxygen atoms in total. The molecule has 4 rings (SSSR count). The molecule has 1 aromatic rings. The van der Waals surface area contributed by atoms with Crippen molar-refractivity contribution in [2.24, 2.45) is 11.7 Å². The summed E-state index contributed by atoms with van der Waals surface area (Å²) in [6.45, 7) is 0.673. The summed E-state index contributed by atoms with van der Waals surface area (Å²) < 4.78 is 6.03. The van der Waals surface area contributed by atoms with E-state index in [1.165, 1.54) is 5.56 Å². The highest BCUT2D eigenvalue weighted by atomic mass is 16.5. The fraction of sp³-hybridized carbons (Fsp3) is 0.500. The van der Waals surface area contributed by atoms with Gasteiger partial charge in [0, 0.05) is 6.54 Å². The van der Waals surface area contributed by atoms with E-state index in [0.29, 0.717) is 18.6 Å². The minimum absolute atomic E-state index is 0.0329. The number of hydrogen-bond donors (Lipinski definition) is 1. The monoisotopic (exact) mass is 189 g/mol. The van der Waals surface area contributed by atoms with Crippen molar-refractivity contribution in [3.8, 4) is 0 Å². The van der Waals surface area contributed by atoms with Gasteiger partial charge in [0.05, 0.1) is 11.7 Å². The van der Waals surface area contributed by atoms with Crippen molar-refractivity contribution in [3.63, 3.8) is 0 Å². The highest BCUT2D eigenvalue weighted by molar-refractivity contribution is 5.23. The minimum Gasteiger partial charge on any atom is -0.365 e. The Kier molecular flexibility index (Phi) is 1.70. The lowest BCUT2D eigenvalue weighted by Crippen LogP contribution is -2.43. The van der Waals surface area contributed by atoms with Crippen LogP contribution in [0.15, 0.2) is 30.3 Å². The molecule has 0 radical (unpaired) electrons. The first kappa shape index (κ1) is 8.45. The first-order valence-electron chi connectivity index (χ1n) is 5.26. The minimum atomic E-state index is 0.0329. The number of benzene rings is 1. The SMILES string of the molecule is NCC12CC(C1)C(c1ccccc1)O2. The molecule has 0 amide bonds. The Hall–Kier alpha value is -0.860. The number of rotatable bonds is 2. The van der Waals surface area contributed by atoms with Gasteiger partial charge in [0.25, 0.3) is 0 Å². The van der Waals surface area contributed by atoms with Gasteiger partial charge in [-0.25, -0.2) is 0 Å². The fourth-order valence-corrected chi connectivity index (χ4v) is 2.77. The smallest absolute Gasteiger partial charge is 0.0863 e. The van der Waals surface area contributed by atoms with Crippen molar-refractivity contribution >= 4 is 0 Å². The van der Waals surface area contributed by atoms with Gasteiger partial charge in [0.2, 0.25) is 0 Å². The van der Waals surface area contributed by atoms with Crippen molar-refractivity contribution in [1.82, 2.24) is 0 Å². The molecule has 1 aromatic carbocycles. The predicted molar refractivity (Wildman–Crippen MR) is 54.8 cm³/mol. The van der Waals surface area contributed by atoms with Crippen molar-refractivity contribution < 1.29 is 4.74 Å². The van der Waals surface area contributed by atoms with Crippen LogP contribution in [0, 0.1) is 5.92 Å². The Bertz CT molecular complexity index is 329. The van der Waals surface area contributed by atoms with Gasteiger partial charge in [-0.1, -0.05) is 30.3 Å². The van der Waals surface area contributed by atoms with Crippen molar-refractivity contribution in [1.29, 1.82) is 0 Å². The zero-order chi connectivity index (χ0) is 9.60. The zero-order valence-corrected chi connectivity index (χ0v) is 8.15. The van der Waals surface area contributed by atoms with E-state index in [4.69, 9.17) is 10.5 Å². The van der Waals surface area contributed by atoms with Crippen LogP contribution in [0.4, 0.5) is 0 Å². The van der Waals surface area contributed by atoms with E-state index in [0.717, 1.165) is 12.8 Å². The molecule has 2 heteroatoms. The summed E-state index contributed by atoms with van der Waals surface area (Å²) in [5, 5.41) is 0. The third-order valence-corrected chi connectivity index (χ3v) is 3.57. The second kappa shape index (κ2) is 2.81. The fourth-order valence-electron chi connectivity index (χ4n) is 2.77. The highest BCUT2D eigenvalue weighted by Crippen LogP contribution is 2.57. The molecule has 2 N–H and O–H groups in total. The van der Waals surface area contributed by atoms with Gasteiger partial charge in [-0.3, -0.25) is 0 Å². The van der Waals surface area contributed by atoms with E-state index in [2.05, 4.69) is 24.3 Å². The van der Waals surface area contributed by atoms with Gasteiger partial charge in [0.15, 0.2) is 0 Å². The van der Waals surface area contributed by atoms with E-state index >= 15 is 0 Å². The van der Waals surface area contributed by atoms with Gasteiger partial charge in [-0.2, -0.15) is 0 Å². The van der Waals surface area contributed by atoms with Crippen LogP contribution in [0.1, 0.15) is 24.5 Å². The van der Waals surface area contributed by atoms with E-state index in [-0.39, 0.29) is 5.60 Å². The summed E-state index contributed by atoms with van der Waals surface area (Å²) in [6.07, 6.45) is 2.62. The van der Waals surface area contributed by atoms with Crippen LogP contribution in [0.3, 0.4) is 0 Å². The van der Waals surface area contributed by atoms with Gasteiger partial charge < -0.3 is 10.5 Å². The summed E-state index contributed by atoms with van der Waals surface area (Å²) in [6, 6.07) is 10.5. The summed E-state index contributed by atoms with van der Waals surface area (Å²) >= 11 is 0. The molecular weight excluding hydrogens is 174 g/mol. The molecule has 3 aliphatic rings. The second-order valence-electron chi connectivity index (χ2n) is 4.50. The zero-order valence-electron chi connectivity index (χ0n) is 8.15. The molecule has 0 aromatic heterocycles. The van der Waals surface area contributed by atoms with E-state index in [1.54, 1.807) is 0 Å². The average molecular weight is 189 g/mol. The van der Waals surface area contributed by atoms with E-state index in [9.17, 15) is 0 Å². The number of fused-ring (bicyclic) bond motifs is 1. The van der Waals surface area contributed by atoms with E-state index in [1.807, 2.05) is 6.07 Å². The van der Waals surface area contributed by atoms with Crippen LogP contribution < -0.4 is 5.73 Å². The molecule has 2 bridgehead atoms. The topological polar surface area (TPSA) is 35.2 Å². The van der Waals surface area contributed by atoms with Crippen molar-refractivity contribution in [3.05, 3.63) is 35.9 Å².